The highest BCUT2D eigenvalue weighted by Gasteiger charge is 2.36. The fourth-order valence-corrected chi connectivity index (χ4v) is 3.36. The zero-order valence-corrected chi connectivity index (χ0v) is 13.9. The van der Waals surface area contributed by atoms with Crippen LogP contribution in [0.1, 0.15) is 18.9 Å². The molecule has 1 amide bonds. The molecule has 24 heavy (non-hydrogen) atoms. The first-order valence-corrected chi connectivity index (χ1v) is 8.43. The van der Waals surface area contributed by atoms with Crippen LogP contribution in [0.3, 0.4) is 0 Å². The minimum atomic E-state index is -0.392. The molecule has 1 saturated heterocycles. The van der Waals surface area contributed by atoms with Crippen LogP contribution in [0.5, 0.6) is 0 Å². The van der Waals surface area contributed by atoms with Gasteiger partial charge in [-0.3, -0.25) is 9.59 Å². The number of carbonyl (C=O) groups excluding carboxylic acids is 2. The number of quaternary nitrogens is 1. The van der Waals surface area contributed by atoms with Gasteiger partial charge in [0.25, 0.3) is 5.91 Å². The van der Waals surface area contributed by atoms with Crippen LogP contribution in [0.2, 0.25) is 0 Å². The zero-order chi connectivity index (χ0) is 16.9. The molecule has 0 radical (unpaired) electrons. The summed E-state index contributed by atoms with van der Waals surface area (Å²) in [4.78, 5) is 25.2. The van der Waals surface area contributed by atoms with E-state index in [1.54, 1.807) is 6.92 Å². The lowest BCUT2D eigenvalue weighted by molar-refractivity contribution is -0.930. The standard InChI is InChI=1S/C19H22N2O3/c1-2-24-18(22)12-17-19(23)20-10-11-21(17)13-15-8-5-7-14-6-3-4-9-16(14)15/h3-9,17H,2,10-13H2,1H3,(H,20,23)/p+1/t17-/m1/s1. The van der Waals surface area contributed by atoms with Crippen LogP contribution < -0.4 is 10.2 Å². The van der Waals surface area contributed by atoms with Gasteiger partial charge in [0.05, 0.1) is 19.7 Å². The van der Waals surface area contributed by atoms with E-state index in [1.807, 2.05) is 18.2 Å². The third kappa shape index (κ3) is 3.57. The normalized spacial score (nSPS) is 20.6. The van der Waals surface area contributed by atoms with Crippen LogP contribution >= 0.6 is 0 Å². The molecule has 1 aliphatic rings. The van der Waals surface area contributed by atoms with Crippen molar-refractivity contribution in [1.29, 1.82) is 0 Å². The summed E-state index contributed by atoms with van der Waals surface area (Å²) < 4.78 is 5.03. The summed E-state index contributed by atoms with van der Waals surface area (Å²) in [5.41, 5.74) is 1.20. The van der Waals surface area contributed by atoms with Gasteiger partial charge < -0.3 is 15.0 Å². The number of benzene rings is 2. The number of esters is 1. The van der Waals surface area contributed by atoms with Crippen molar-refractivity contribution in [3.05, 3.63) is 48.0 Å². The molecule has 1 aliphatic heterocycles. The number of fused-ring (bicyclic) bond motifs is 1. The van der Waals surface area contributed by atoms with Crippen LogP contribution in [-0.2, 0) is 20.9 Å². The van der Waals surface area contributed by atoms with Crippen molar-refractivity contribution in [1.82, 2.24) is 5.32 Å². The number of piperazine rings is 1. The maximum absolute atomic E-state index is 12.3. The van der Waals surface area contributed by atoms with Crippen molar-refractivity contribution in [3.63, 3.8) is 0 Å². The molecule has 2 aromatic rings. The first kappa shape index (κ1) is 16.5. The molecule has 5 heteroatoms. The highest BCUT2D eigenvalue weighted by atomic mass is 16.5. The summed E-state index contributed by atoms with van der Waals surface area (Å²) in [6, 6.07) is 14.1. The Morgan fingerprint density at radius 1 is 1.25 bits per heavy atom. The largest absolute Gasteiger partial charge is 0.466 e. The summed E-state index contributed by atoms with van der Waals surface area (Å²) in [7, 11) is 0. The molecule has 3 rings (SSSR count). The van der Waals surface area contributed by atoms with E-state index in [4.69, 9.17) is 4.74 Å². The van der Waals surface area contributed by atoms with Gasteiger partial charge in [-0.05, 0) is 17.7 Å². The summed E-state index contributed by atoms with van der Waals surface area (Å²) >= 11 is 0. The van der Waals surface area contributed by atoms with Gasteiger partial charge in [-0.15, -0.1) is 0 Å². The summed E-state index contributed by atoms with van der Waals surface area (Å²) in [5.74, 6) is -0.375. The molecule has 2 aromatic carbocycles. The molecular formula is C19H23N2O3+. The van der Waals surface area contributed by atoms with Crippen molar-refractivity contribution >= 4 is 22.6 Å². The highest BCUT2D eigenvalue weighted by molar-refractivity contribution is 5.86. The number of rotatable bonds is 5. The van der Waals surface area contributed by atoms with Gasteiger partial charge in [0.2, 0.25) is 0 Å². The van der Waals surface area contributed by atoms with Gasteiger partial charge in [-0.2, -0.15) is 0 Å². The van der Waals surface area contributed by atoms with E-state index in [0.29, 0.717) is 13.2 Å². The van der Waals surface area contributed by atoms with Crippen molar-refractivity contribution < 1.29 is 19.2 Å². The number of amides is 1. The smallest absolute Gasteiger partial charge is 0.312 e. The molecule has 0 spiro atoms. The molecule has 1 fully saturated rings. The maximum atomic E-state index is 12.3. The Bertz CT molecular complexity index is 739. The molecule has 0 saturated carbocycles. The average Bonchev–Trinajstić information content (AvgIpc) is 2.58. The van der Waals surface area contributed by atoms with Crippen LogP contribution in [0.15, 0.2) is 42.5 Å². The van der Waals surface area contributed by atoms with Crippen molar-refractivity contribution in [2.75, 3.05) is 19.7 Å². The Morgan fingerprint density at radius 3 is 2.88 bits per heavy atom. The molecule has 0 aliphatic carbocycles. The topological polar surface area (TPSA) is 59.8 Å². The number of hydrogen-bond donors (Lipinski definition) is 2. The lowest BCUT2D eigenvalue weighted by Crippen LogP contribution is -3.18. The summed E-state index contributed by atoms with van der Waals surface area (Å²) in [6.45, 7) is 4.28. The van der Waals surface area contributed by atoms with Gasteiger partial charge >= 0.3 is 5.97 Å². The molecule has 0 aromatic heterocycles. The lowest BCUT2D eigenvalue weighted by Gasteiger charge is -2.31. The number of ether oxygens (including phenoxy) is 1. The number of nitrogens with one attached hydrogen (secondary N) is 2. The first-order valence-electron chi connectivity index (χ1n) is 8.43. The third-order valence-corrected chi connectivity index (χ3v) is 4.53. The quantitative estimate of drug-likeness (QED) is 0.794. The van der Waals surface area contributed by atoms with Crippen molar-refractivity contribution in [3.8, 4) is 0 Å². The van der Waals surface area contributed by atoms with Gasteiger partial charge in [-0.1, -0.05) is 42.5 Å². The number of carbonyl (C=O) groups is 2. The summed E-state index contributed by atoms with van der Waals surface area (Å²) in [5, 5.41) is 5.26. The van der Waals surface area contributed by atoms with E-state index in [1.165, 1.54) is 16.3 Å². The molecule has 5 nitrogen and oxygen atoms in total. The van der Waals surface area contributed by atoms with E-state index >= 15 is 0 Å². The Balaban J connectivity index is 1.82. The van der Waals surface area contributed by atoms with E-state index in [0.717, 1.165) is 18.0 Å². The van der Waals surface area contributed by atoms with Crippen molar-refractivity contribution in [2.45, 2.75) is 25.9 Å². The number of hydrogen-bond acceptors (Lipinski definition) is 3. The minimum absolute atomic E-state index is 0.0652. The molecule has 2 N–H and O–H groups in total. The van der Waals surface area contributed by atoms with Gasteiger partial charge in [0.15, 0.2) is 6.04 Å². The molecule has 126 valence electrons. The molecule has 0 bridgehead atoms. The molecule has 1 heterocycles. The van der Waals surface area contributed by atoms with E-state index in [2.05, 4.69) is 29.6 Å². The predicted octanol–water partition coefficient (Wildman–Crippen LogP) is 0.676. The van der Waals surface area contributed by atoms with Gasteiger partial charge in [0, 0.05) is 5.56 Å². The Kier molecular flexibility index (Phi) is 5.11. The first-order chi connectivity index (χ1) is 11.7. The van der Waals surface area contributed by atoms with Crippen LogP contribution in [0, 0.1) is 0 Å². The second-order valence-corrected chi connectivity index (χ2v) is 6.08. The van der Waals surface area contributed by atoms with Crippen molar-refractivity contribution in [2.24, 2.45) is 0 Å². The zero-order valence-electron chi connectivity index (χ0n) is 13.9. The lowest BCUT2D eigenvalue weighted by atomic mass is 10.0. The molecule has 2 atom stereocenters. The average molecular weight is 327 g/mol. The fraction of sp³-hybridized carbons (Fsp3) is 0.368. The minimum Gasteiger partial charge on any atom is -0.466 e. The summed E-state index contributed by atoms with van der Waals surface area (Å²) in [6.07, 6.45) is 0.125. The Morgan fingerprint density at radius 2 is 2.04 bits per heavy atom. The molecule has 1 unspecified atom stereocenters. The third-order valence-electron chi connectivity index (χ3n) is 4.53. The Hall–Kier alpha value is -2.40. The second-order valence-electron chi connectivity index (χ2n) is 6.08. The van der Waals surface area contributed by atoms with Gasteiger partial charge in [-0.25, -0.2) is 0 Å². The van der Waals surface area contributed by atoms with Crippen LogP contribution in [-0.4, -0.2) is 37.6 Å². The maximum Gasteiger partial charge on any atom is 0.312 e. The molecular weight excluding hydrogens is 304 g/mol. The van der Waals surface area contributed by atoms with Crippen LogP contribution in [0.4, 0.5) is 0 Å². The Labute approximate surface area is 141 Å². The van der Waals surface area contributed by atoms with E-state index in [9.17, 15) is 9.59 Å². The van der Waals surface area contributed by atoms with Gasteiger partial charge in [0.1, 0.15) is 13.0 Å². The van der Waals surface area contributed by atoms with E-state index < -0.39 is 6.04 Å². The second kappa shape index (κ2) is 7.45. The van der Waals surface area contributed by atoms with E-state index in [-0.39, 0.29) is 18.3 Å². The van der Waals surface area contributed by atoms with Crippen LogP contribution in [0.25, 0.3) is 10.8 Å². The fourth-order valence-electron chi connectivity index (χ4n) is 3.36. The monoisotopic (exact) mass is 327 g/mol. The predicted molar refractivity (Wildman–Crippen MR) is 91.5 cm³/mol. The highest BCUT2D eigenvalue weighted by Crippen LogP contribution is 2.17. The SMILES string of the molecule is CCOC(=O)C[C@@H]1C(=O)NCC[NH+]1Cc1cccc2ccccc12.